The average molecular weight is 397 g/mol. The van der Waals surface area contributed by atoms with Gasteiger partial charge in [0.05, 0.1) is 12.2 Å². The van der Waals surface area contributed by atoms with Gasteiger partial charge in [0.1, 0.15) is 0 Å². The standard InChI is InChI=1S/C17H32O6S2/c1-12-7-5-8-13(2)16(12)22-24(18,19)11-25(20,21)23-17-14(3)9-6-10-15(17)4/h12-17H,5-11H2,1-4H3. The summed E-state index contributed by atoms with van der Waals surface area (Å²) in [5.41, 5.74) is 0. The van der Waals surface area contributed by atoms with Crippen LogP contribution in [0.3, 0.4) is 0 Å². The van der Waals surface area contributed by atoms with Crippen molar-refractivity contribution in [3.63, 3.8) is 0 Å². The fourth-order valence-corrected chi connectivity index (χ4v) is 7.55. The molecule has 4 atom stereocenters. The molecule has 2 aliphatic carbocycles. The first kappa shape index (κ1) is 21.1. The molecule has 0 spiro atoms. The molecule has 0 radical (unpaired) electrons. The Labute approximate surface area is 152 Å². The van der Waals surface area contributed by atoms with Crippen molar-refractivity contribution in [3.8, 4) is 0 Å². The van der Waals surface area contributed by atoms with Crippen LogP contribution in [0.15, 0.2) is 0 Å². The second-order valence-electron chi connectivity index (χ2n) is 8.13. The third-order valence-corrected chi connectivity index (χ3v) is 9.03. The second kappa shape index (κ2) is 8.23. The predicted octanol–water partition coefficient (Wildman–Crippen LogP) is 3.29. The van der Waals surface area contributed by atoms with Crippen LogP contribution in [0.1, 0.15) is 66.2 Å². The van der Waals surface area contributed by atoms with Gasteiger partial charge in [-0.15, -0.1) is 0 Å². The molecule has 2 saturated carbocycles. The molecule has 2 rings (SSSR count). The minimum atomic E-state index is -4.20. The molecular weight excluding hydrogens is 364 g/mol. The molecule has 148 valence electrons. The highest BCUT2D eigenvalue weighted by Crippen LogP contribution is 2.34. The zero-order chi connectivity index (χ0) is 18.8. The number of hydrogen-bond acceptors (Lipinski definition) is 6. The van der Waals surface area contributed by atoms with E-state index in [1.165, 1.54) is 0 Å². The maximum absolute atomic E-state index is 12.3. The van der Waals surface area contributed by atoms with Gasteiger partial charge in [-0.25, -0.2) is 0 Å². The molecule has 0 aromatic carbocycles. The minimum Gasteiger partial charge on any atom is -0.265 e. The average Bonchev–Trinajstić information content (AvgIpc) is 2.46. The largest absolute Gasteiger partial charge is 0.284 e. The van der Waals surface area contributed by atoms with Gasteiger partial charge in [-0.3, -0.25) is 8.37 Å². The van der Waals surface area contributed by atoms with Crippen molar-refractivity contribution in [1.82, 2.24) is 0 Å². The molecule has 0 heterocycles. The molecule has 4 unspecified atom stereocenters. The fraction of sp³-hybridized carbons (Fsp3) is 1.00. The maximum Gasteiger partial charge on any atom is 0.284 e. The molecule has 0 saturated heterocycles. The van der Waals surface area contributed by atoms with Gasteiger partial charge in [0.2, 0.25) is 5.08 Å². The molecule has 0 aliphatic heterocycles. The fourth-order valence-electron chi connectivity index (χ4n) is 4.25. The van der Waals surface area contributed by atoms with E-state index < -0.39 is 37.5 Å². The van der Waals surface area contributed by atoms with Crippen molar-refractivity contribution in [3.05, 3.63) is 0 Å². The SMILES string of the molecule is CC1CCCC(C)C1OS(=O)(=O)CS(=O)(=O)OC1C(C)CCCC1C. The Morgan fingerprint density at radius 2 is 0.920 bits per heavy atom. The molecule has 6 nitrogen and oxygen atoms in total. The molecule has 2 aliphatic rings. The Morgan fingerprint density at radius 1 is 0.640 bits per heavy atom. The van der Waals surface area contributed by atoms with Crippen LogP contribution >= 0.6 is 0 Å². The van der Waals surface area contributed by atoms with Crippen molar-refractivity contribution < 1.29 is 25.2 Å². The first-order chi connectivity index (χ1) is 11.5. The Balaban J connectivity index is 2.02. The van der Waals surface area contributed by atoms with Crippen molar-refractivity contribution in [2.24, 2.45) is 23.7 Å². The van der Waals surface area contributed by atoms with E-state index in [9.17, 15) is 16.8 Å². The summed E-state index contributed by atoms with van der Waals surface area (Å²) < 4.78 is 59.9. The van der Waals surface area contributed by atoms with Crippen LogP contribution < -0.4 is 0 Å². The van der Waals surface area contributed by atoms with Crippen molar-refractivity contribution in [2.45, 2.75) is 78.4 Å². The Hall–Kier alpha value is -0.180. The third kappa shape index (κ3) is 5.91. The van der Waals surface area contributed by atoms with Crippen LogP contribution in [0.5, 0.6) is 0 Å². The molecular formula is C17H32O6S2. The second-order valence-corrected chi connectivity index (χ2v) is 11.7. The topological polar surface area (TPSA) is 86.7 Å². The molecule has 0 bridgehead atoms. The van der Waals surface area contributed by atoms with E-state index >= 15 is 0 Å². The Kier molecular flexibility index (Phi) is 6.95. The molecule has 8 heteroatoms. The zero-order valence-corrected chi connectivity index (χ0v) is 17.3. The van der Waals surface area contributed by atoms with E-state index in [1.807, 2.05) is 27.7 Å². The normalized spacial score (nSPS) is 37.8. The molecule has 25 heavy (non-hydrogen) atoms. The highest BCUT2D eigenvalue weighted by Gasteiger charge is 2.38. The van der Waals surface area contributed by atoms with Gasteiger partial charge in [-0.1, -0.05) is 40.5 Å². The van der Waals surface area contributed by atoms with Gasteiger partial charge >= 0.3 is 0 Å². The van der Waals surface area contributed by atoms with Gasteiger partial charge in [-0.2, -0.15) is 16.8 Å². The number of hydrogen-bond donors (Lipinski definition) is 0. The molecule has 0 aromatic rings. The van der Waals surface area contributed by atoms with Gasteiger partial charge in [0.25, 0.3) is 20.2 Å². The smallest absolute Gasteiger partial charge is 0.265 e. The van der Waals surface area contributed by atoms with E-state index in [4.69, 9.17) is 8.37 Å². The summed E-state index contributed by atoms with van der Waals surface area (Å²) in [4.78, 5) is 0. The summed E-state index contributed by atoms with van der Waals surface area (Å²) in [5.74, 6) is 0.391. The van der Waals surface area contributed by atoms with Crippen molar-refractivity contribution in [1.29, 1.82) is 0 Å². The van der Waals surface area contributed by atoms with Crippen LogP contribution in [0.25, 0.3) is 0 Å². The number of rotatable bonds is 6. The lowest BCUT2D eigenvalue weighted by molar-refractivity contribution is 0.0579. The molecule has 0 N–H and O–H groups in total. The van der Waals surface area contributed by atoms with E-state index in [0.717, 1.165) is 38.5 Å². The van der Waals surface area contributed by atoms with Crippen LogP contribution in [0.4, 0.5) is 0 Å². The first-order valence-electron chi connectivity index (χ1n) is 9.32. The first-order valence-corrected chi connectivity index (χ1v) is 12.5. The van der Waals surface area contributed by atoms with E-state index in [1.54, 1.807) is 0 Å². The molecule has 0 aromatic heterocycles. The summed E-state index contributed by atoms with van der Waals surface area (Å²) in [5, 5.41) is -1.11. The van der Waals surface area contributed by atoms with Gasteiger partial charge < -0.3 is 0 Å². The Bertz CT molecular complexity index is 566. The van der Waals surface area contributed by atoms with Crippen LogP contribution in [0, 0.1) is 23.7 Å². The summed E-state index contributed by atoms with van der Waals surface area (Å²) in [7, 11) is -8.41. The summed E-state index contributed by atoms with van der Waals surface area (Å²) >= 11 is 0. The summed E-state index contributed by atoms with van der Waals surface area (Å²) in [6, 6.07) is 0. The highest BCUT2D eigenvalue weighted by atomic mass is 32.3. The third-order valence-electron chi connectivity index (χ3n) is 5.69. The summed E-state index contributed by atoms with van der Waals surface area (Å²) in [6.45, 7) is 7.80. The minimum absolute atomic E-state index is 0.0977. The van der Waals surface area contributed by atoms with E-state index in [0.29, 0.717) is 0 Å². The lowest BCUT2D eigenvalue weighted by atomic mass is 9.81. The predicted molar refractivity (Wildman–Crippen MR) is 96.8 cm³/mol. The molecule has 2 fully saturated rings. The monoisotopic (exact) mass is 396 g/mol. The van der Waals surface area contributed by atoms with Gasteiger partial charge in [0.15, 0.2) is 0 Å². The highest BCUT2D eigenvalue weighted by molar-refractivity contribution is 8.03. The zero-order valence-electron chi connectivity index (χ0n) is 15.7. The summed E-state index contributed by atoms with van der Waals surface area (Å²) in [6.07, 6.45) is 4.75. The van der Waals surface area contributed by atoms with Crippen LogP contribution in [-0.4, -0.2) is 34.1 Å². The molecule has 0 amide bonds. The lowest BCUT2D eigenvalue weighted by Gasteiger charge is -2.34. The maximum atomic E-state index is 12.3. The van der Waals surface area contributed by atoms with Crippen LogP contribution in [0.2, 0.25) is 0 Å². The van der Waals surface area contributed by atoms with Gasteiger partial charge in [-0.05, 0) is 49.4 Å². The van der Waals surface area contributed by atoms with E-state index in [2.05, 4.69) is 0 Å². The van der Waals surface area contributed by atoms with E-state index in [-0.39, 0.29) is 23.7 Å². The van der Waals surface area contributed by atoms with Crippen LogP contribution in [-0.2, 0) is 28.6 Å². The van der Waals surface area contributed by atoms with Crippen molar-refractivity contribution in [2.75, 3.05) is 5.08 Å². The Morgan fingerprint density at radius 3 is 1.20 bits per heavy atom. The van der Waals surface area contributed by atoms with Crippen molar-refractivity contribution >= 4 is 20.2 Å². The quantitative estimate of drug-likeness (QED) is 0.640. The van der Waals surface area contributed by atoms with Gasteiger partial charge in [0, 0.05) is 0 Å². The lowest BCUT2D eigenvalue weighted by Crippen LogP contribution is -2.39.